The fourth-order valence-corrected chi connectivity index (χ4v) is 3.97. The first-order valence-corrected chi connectivity index (χ1v) is 12.3. The lowest BCUT2D eigenvalue weighted by molar-refractivity contribution is 0.101. The molecule has 1 aliphatic heterocycles. The van der Waals surface area contributed by atoms with E-state index in [4.69, 9.17) is 9.47 Å². The SMILES string of the molecule is CCS(=O)(=O)c1ncc(C(=O)Nc2cc(NC(=O)c3ccc4c(c3)OCO4)ccc2C)c(NC)n1. The van der Waals surface area contributed by atoms with Gasteiger partial charge in [-0.15, -0.1) is 0 Å². The molecule has 0 radical (unpaired) electrons. The second-order valence-corrected chi connectivity index (χ2v) is 9.75. The molecule has 2 heterocycles. The van der Waals surface area contributed by atoms with Crippen molar-refractivity contribution in [1.82, 2.24) is 9.97 Å². The van der Waals surface area contributed by atoms with Crippen LogP contribution < -0.4 is 25.4 Å². The number of aromatic nitrogens is 2. The van der Waals surface area contributed by atoms with Crippen LogP contribution in [0.4, 0.5) is 17.2 Å². The van der Waals surface area contributed by atoms with E-state index in [9.17, 15) is 18.0 Å². The Morgan fingerprint density at radius 1 is 1.03 bits per heavy atom. The second-order valence-electron chi connectivity index (χ2n) is 7.57. The maximum Gasteiger partial charge on any atom is 0.261 e. The highest BCUT2D eigenvalue weighted by atomic mass is 32.2. The number of rotatable bonds is 7. The number of benzene rings is 2. The molecule has 11 nitrogen and oxygen atoms in total. The Kier molecular flexibility index (Phi) is 6.56. The van der Waals surface area contributed by atoms with Gasteiger partial charge in [0.25, 0.3) is 11.8 Å². The van der Waals surface area contributed by atoms with E-state index in [0.29, 0.717) is 28.4 Å². The maximum atomic E-state index is 12.9. The molecule has 4 rings (SSSR count). The van der Waals surface area contributed by atoms with Gasteiger partial charge in [0.05, 0.1) is 5.75 Å². The fraction of sp³-hybridized carbons (Fsp3) is 0.217. The number of nitrogens with one attached hydrogen (secondary N) is 3. The Hall–Kier alpha value is -4.19. The van der Waals surface area contributed by atoms with E-state index in [1.54, 1.807) is 43.3 Å². The third-order valence-electron chi connectivity index (χ3n) is 5.28. The van der Waals surface area contributed by atoms with Gasteiger partial charge in [0, 0.05) is 30.2 Å². The summed E-state index contributed by atoms with van der Waals surface area (Å²) in [6, 6.07) is 9.96. The van der Waals surface area contributed by atoms with Crippen LogP contribution >= 0.6 is 0 Å². The summed E-state index contributed by atoms with van der Waals surface area (Å²) in [7, 11) is -2.10. The van der Waals surface area contributed by atoms with Gasteiger partial charge in [0.15, 0.2) is 11.5 Å². The lowest BCUT2D eigenvalue weighted by Gasteiger charge is -2.13. The predicted octanol–water partition coefficient (Wildman–Crippen LogP) is 2.85. The van der Waals surface area contributed by atoms with Gasteiger partial charge < -0.3 is 25.4 Å². The zero-order valence-electron chi connectivity index (χ0n) is 19.2. The highest BCUT2D eigenvalue weighted by molar-refractivity contribution is 7.91. The highest BCUT2D eigenvalue weighted by Gasteiger charge is 2.21. The molecule has 0 aliphatic carbocycles. The largest absolute Gasteiger partial charge is 0.454 e. The van der Waals surface area contributed by atoms with Gasteiger partial charge in [-0.25, -0.2) is 18.4 Å². The average molecular weight is 498 g/mol. The van der Waals surface area contributed by atoms with Crippen molar-refractivity contribution in [3.63, 3.8) is 0 Å². The van der Waals surface area contributed by atoms with Gasteiger partial charge >= 0.3 is 0 Å². The summed E-state index contributed by atoms with van der Waals surface area (Å²) in [5.41, 5.74) is 2.11. The molecule has 0 atom stereocenters. The Bertz CT molecular complexity index is 1420. The molecule has 3 N–H and O–H groups in total. The first-order valence-electron chi connectivity index (χ1n) is 10.6. The molecule has 0 fully saturated rings. The molecule has 2 amide bonds. The van der Waals surface area contributed by atoms with Crippen molar-refractivity contribution in [3.05, 3.63) is 59.3 Å². The number of carbonyl (C=O) groups excluding carboxylic acids is 2. The Labute approximate surface area is 201 Å². The number of nitrogens with zero attached hydrogens (tertiary/aromatic N) is 2. The topological polar surface area (TPSA) is 149 Å². The third kappa shape index (κ3) is 5.01. The normalized spacial score (nSPS) is 12.2. The molecule has 0 saturated carbocycles. The molecule has 182 valence electrons. The maximum absolute atomic E-state index is 12.9. The van der Waals surface area contributed by atoms with E-state index in [1.807, 2.05) is 0 Å². The molecular weight excluding hydrogens is 474 g/mol. The number of hydrogen-bond acceptors (Lipinski definition) is 9. The van der Waals surface area contributed by atoms with Crippen LogP contribution in [0.3, 0.4) is 0 Å². The van der Waals surface area contributed by atoms with E-state index in [-0.39, 0.29) is 35.0 Å². The van der Waals surface area contributed by atoms with E-state index < -0.39 is 15.7 Å². The summed E-state index contributed by atoms with van der Waals surface area (Å²) in [4.78, 5) is 33.5. The number of aryl methyl sites for hydroxylation is 1. The highest BCUT2D eigenvalue weighted by Crippen LogP contribution is 2.33. The summed E-state index contributed by atoms with van der Waals surface area (Å²) in [5, 5.41) is 7.94. The second kappa shape index (κ2) is 9.58. The molecular formula is C23H23N5O6S. The molecule has 0 spiro atoms. The number of anilines is 3. The van der Waals surface area contributed by atoms with Crippen LogP contribution in [-0.2, 0) is 9.84 Å². The summed E-state index contributed by atoms with van der Waals surface area (Å²) >= 11 is 0. The van der Waals surface area contributed by atoms with Crippen molar-refractivity contribution in [1.29, 1.82) is 0 Å². The fourth-order valence-electron chi connectivity index (χ4n) is 3.27. The Morgan fingerprint density at radius 2 is 1.80 bits per heavy atom. The monoisotopic (exact) mass is 497 g/mol. The summed E-state index contributed by atoms with van der Waals surface area (Å²) in [5.74, 6) is 0.0858. The van der Waals surface area contributed by atoms with Gasteiger partial charge in [-0.05, 0) is 42.8 Å². The minimum Gasteiger partial charge on any atom is -0.454 e. The van der Waals surface area contributed by atoms with Crippen molar-refractivity contribution in [2.24, 2.45) is 0 Å². The van der Waals surface area contributed by atoms with E-state index >= 15 is 0 Å². The van der Waals surface area contributed by atoms with Crippen molar-refractivity contribution in [3.8, 4) is 11.5 Å². The zero-order chi connectivity index (χ0) is 25.2. The smallest absolute Gasteiger partial charge is 0.261 e. The molecule has 2 aromatic carbocycles. The molecule has 0 saturated heterocycles. The lowest BCUT2D eigenvalue weighted by Crippen LogP contribution is -2.19. The molecule has 12 heteroatoms. The number of amides is 2. The van der Waals surface area contributed by atoms with Crippen LogP contribution in [-0.4, -0.2) is 49.8 Å². The quantitative estimate of drug-likeness (QED) is 0.419. The molecule has 0 unspecified atom stereocenters. The Morgan fingerprint density at radius 3 is 2.54 bits per heavy atom. The molecule has 3 aromatic rings. The Balaban J connectivity index is 1.53. The van der Waals surface area contributed by atoms with Crippen LogP contribution in [0.5, 0.6) is 11.5 Å². The number of carbonyl (C=O) groups is 2. The third-order valence-corrected chi connectivity index (χ3v) is 6.80. The first kappa shape index (κ1) is 24.0. The number of hydrogen-bond donors (Lipinski definition) is 3. The van der Waals surface area contributed by atoms with Crippen molar-refractivity contribution in [2.45, 2.75) is 19.0 Å². The van der Waals surface area contributed by atoms with Crippen molar-refractivity contribution in [2.75, 3.05) is 35.5 Å². The number of fused-ring (bicyclic) bond motifs is 1. The minimum absolute atomic E-state index is 0.0664. The summed E-state index contributed by atoms with van der Waals surface area (Å²) in [6.07, 6.45) is 1.16. The summed E-state index contributed by atoms with van der Waals surface area (Å²) < 4.78 is 34.7. The molecule has 1 aromatic heterocycles. The lowest BCUT2D eigenvalue weighted by atomic mass is 10.1. The van der Waals surface area contributed by atoms with Gasteiger partial charge in [-0.1, -0.05) is 13.0 Å². The van der Waals surface area contributed by atoms with Crippen LogP contribution in [0.25, 0.3) is 0 Å². The van der Waals surface area contributed by atoms with Gasteiger partial charge in [0.2, 0.25) is 21.8 Å². The van der Waals surface area contributed by atoms with Crippen LogP contribution in [0.1, 0.15) is 33.2 Å². The molecule has 0 bridgehead atoms. The van der Waals surface area contributed by atoms with Crippen molar-refractivity contribution < 1.29 is 27.5 Å². The molecule has 35 heavy (non-hydrogen) atoms. The predicted molar refractivity (Wildman–Crippen MR) is 129 cm³/mol. The van der Waals surface area contributed by atoms with Crippen LogP contribution in [0.15, 0.2) is 47.8 Å². The van der Waals surface area contributed by atoms with Crippen molar-refractivity contribution >= 4 is 38.8 Å². The number of ether oxygens (including phenoxy) is 2. The van der Waals surface area contributed by atoms with E-state index in [1.165, 1.54) is 14.0 Å². The zero-order valence-corrected chi connectivity index (χ0v) is 20.0. The summed E-state index contributed by atoms with van der Waals surface area (Å²) in [6.45, 7) is 3.39. The average Bonchev–Trinajstić information content (AvgIpc) is 3.33. The van der Waals surface area contributed by atoms with Crippen LogP contribution in [0, 0.1) is 6.92 Å². The first-order chi connectivity index (χ1) is 16.7. The standard InChI is InChI=1S/C23H23N5O6S/c1-4-35(31,32)23-25-11-16(20(24-3)28-23)22(30)27-17-10-15(7-5-13(17)2)26-21(29)14-6-8-18-19(9-14)34-12-33-18/h5-11H,4,12H2,1-3H3,(H,26,29)(H,27,30)(H,24,25,28). The van der Waals surface area contributed by atoms with E-state index in [2.05, 4.69) is 25.9 Å². The van der Waals surface area contributed by atoms with Gasteiger partial charge in [-0.2, -0.15) is 0 Å². The minimum atomic E-state index is -3.63. The molecule has 1 aliphatic rings. The van der Waals surface area contributed by atoms with Crippen LogP contribution in [0.2, 0.25) is 0 Å². The van der Waals surface area contributed by atoms with E-state index in [0.717, 1.165) is 11.8 Å². The van der Waals surface area contributed by atoms with Gasteiger partial charge in [0.1, 0.15) is 11.4 Å². The van der Waals surface area contributed by atoms with Gasteiger partial charge in [-0.3, -0.25) is 9.59 Å². The number of sulfone groups is 1.